The molecule has 1 unspecified atom stereocenters. The van der Waals surface area contributed by atoms with Crippen molar-refractivity contribution in [3.05, 3.63) is 106 Å². The lowest BCUT2D eigenvalue weighted by Gasteiger charge is -2.23. The molecule has 0 saturated carbocycles. The van der Waals surface area contributed by atoms with E-state index in [0.717, 1.165) is 32.6 Å². The van der Waals surface area contributed by atoms with Crippen LogP contribution in [0.2, 0.25) is 0 Å². The summed E-state index contributed by atoms with van der Waals surface area (Å²) in [6.45, 7) is 3.20. The summed E-state index contributed by atoms with van der Waals surface area (Å²) in [6, 6.07) is 21.9. The van der Waals surface area contributed by atoms with Crippen molar-refractivity contribution in [3.8, 4) is 5.75 Å². The molecule has 1 aliphatic rings. The number of ether oxygens (including phenoxy) is 2. The summed E-state index contributed by atoms with van der Waals surface area (Å²) < 4.78 is 25.8. The highest BCUT2D eigenvalue weighted by Gasteiger charge is 2.34. The number of benzene rings is 3. The number of nitroso groups, excluding NO2 is 1. The third kappa shape index (κ3) is 4.57. The first kappa shape index (κ1) is 20.9. The standard InChI is InChI=1S/C26H25FNO3/c1-18(16-30-2)24-15-28(29)25-14-22(31-17-19-6-4-3-5-7-19)12-13-23(25)26(24)20-8-10-21(27)11-9-20/h3-14,18H,15-17H2,1-2H3/q+1. The van der Waals surface area contributed by atoms with Gasteiger partial charge in [-0.15, -0.1) is 0 Å². The van der Waals surface area contributed by atoms with Crippen LogP contribution in [0.4, 0.5) is 10.1 Å². The Morgan fingerprint density at radius 1 is 1.03 bits per heavy atom. The molecule has 0 aliphatic carbocycles. The molecule has 0 N–H and O–H groups in total. The van der Waals surface area contributed by atoms with E-state index in [1.54, 1.807) is 25.3 Å². The van der Waals surface area contributed by atoms with Crippen LogP contribution >= 0.6 is 0 Å². The molecule has 31 heavy (non-hydrogen) atoms. The van der Waals surface area contributed by atoms with E-state index in [1.165, 1.54) is 12.1 Å². The van der Waals surface area contributed by atoms with E-state index in [4.69, 9.17) is 9.47 Å². The molecule has 1 aliphatic heterocycles. The SMILES string of the molecule is COCC(C)C1=C(c2ccc(F)cc2)c2ccc(OCc3ccccc3)cc2[N+](=O)C1. The Morgan fingerprint density at radius 3 is 2.48 bits per heavy atom. The molecule has 5 heteroatoms. The van der Waals surface area contributed by atoms with Crippen molar-refractivity contribution in [2.45, 2.75) is 13.5 Å². The van der Waals surface area contributed by atoms with Gasteiger partial charge in [-0.25, -0.2) is 4.39 Å². The van der Waals surface area contributed by atoms with Crippen molar-refractivity contribution >= 4 is 11.3 Å². The Hall–Kier alpha value is -3.31. The lowest BCUT2D eigenvalue weighted by Crippen LogP contribution is -2.22. The van der Waals surface area contributed by atoms with Crippen molar-refractivity contribution in [1.29, 1.82) is 0 Å². The van der Waals surface area contributed by atoms with Gasteiger partial charge in [0.2, 0.25) is 6.54 Å². The highest BCUT2D eigenvalue weighted by Crippen LogP contribution is 2.41. The van der Waals surface area contributed by atoms with E-state index in [9.17, 15) is 9.30 Å². The second-order valence-electron chi connectivity index (χ2n) is 7.75. The quantitative estimate of drug-likeness (QED) is 0.448. The van der Waals surface area contributed by atoms with Gasteiger partial charge >= 0.3 is 0 Å². The van der Waals surface area contributed by atoms with Crippen LogP contribution in [0.15, 0.2) is 78.4 Å². The van der Waals surface area contributed by atoms with Crippen LogP contribution < -0.4 is 4.74 Å². The zero-order valence-electron chi connectivity index (χ0n) is 17.7. The van der Waals surface area contributed by atoms with Gasteiger partial charge in [0.25, 0.3) is 5.69 Å². The molecule has 0 saturated heterocycles. The van der Waals surface area contributed by atoms with Crippen LogP contribution in [0.5, 0.6) is 5.75 Å². The van der Waals surface area contributed by atoms with Gasteiger partial charge in [0.05, 0.1) is 18.2 Å². The molecule has 3 aromatic carbocycles. The highest BCUT2D eigenvalue weighted by molar-refractivity contribution is 5.88. The summed E-state index contributed by atoms with van der Waals surface area (Å²) in [6.07, 6.45) is 0. The summed E-state index contributed by atoms with van der Waals surface area (Å²) in [7, 11) is 1.65. The number of fused-ring (bicyclic) bond motifs is 1. The Labute approximate surface area is 181 Å². The maximum atomic E-state index is 13.6. The zero-order valence-corrected chi connectivity index (χ0v) is 17.7. The van der Waals surface area contributed by atoms with Crippen LogP contribution in [0.1, 0.15) is 23.6 Å². The van der Waals surface area contributed by atoms with E-state index in [0.29, 0.717) is 24.7 Å². The lowest BCUT2D eigenvalue weighted by molar-refractivity contribution is -0.456. The summed E-state index contributed by atoms with van der Waals surface area (Å²) in [5.41, 5.74) is 5.25. The van der Waals surface area contributed by atoms with Gasteiger partial charge in [-0.2, -0.15) is 0 Å². The van der Waals surface area contributed by atoms with Gasteiger partial charge in [0, 0.05) is 33.8 Å². The molecule has 0 fully saturated rings. The van der Waals surface area contributed by atoms with Crippen LogP contribution in [0, 0.1) is 16.6 Å². The van der Waals surface area contributed by atoms with Crippen molar-refractivity contribution in [2.24, 2.45) is 5.92 Å². The van der Waals surface area contributed by atoms with E-state index in [-0.39, 0.29) is 18.3 Å². The third-order valence-corrected chi connectivity index (χ3v) is 5.54. The second-order valence-corrected chi connectivity index (χ2v) is 7.75. The highest BCUT2D eigenvalue weighted by atomic mass is 19.1. The van der Waals surface area contributed by atoms with Crippen molar-refractivity contribution in [2.75, 3.05) is 20.3 Å². The Morgan fingerprint density at radius 2 is 1.77 bits per heavy atom. The minimum Gasteiger partial charge on any atom is -0.489 e. The molecule has 4 nitrogen and oxygen atoms in total. The molecule has 1 heterocycles. The minimum atomic E-state index is -0.290. The van der Waals surface area contributed by atoms with E-state index < -0.39 is 0 Å². The van der Waals surface area contributed by atoms with Crippen LogP contribution in [0.25, 0.3) is 5.57 Å². The average Bonchev–Trinajstić information content (AvgIpc) is 2.79. The first-order valence-electron chi connectivity index (χ1n) is 10.3. The normalized spacial score (nSPS) is 14.4. The summed E-state index contributed by atoms with van der Waals surface area (Å²) in [5, 5.41) is 0. The fourth-order valence-corrected chi connectivity index (χ4v) is 3.96. The molecule has 0 aromatic heterocycles. The average molecular weight is 418 g/mol. The van der Waals surface area contributed by atoms with E-state index >= 15 is 0 Å². The second kappa shape index (κ2) is 9.23. The lowest BCUT2D eigenvalue weighted by atomic mass is 9.84. The van der Waals surface area contributed by atoms with Crippen molar-refractivity contribution in [1.82, 2.24) is 0 Å². The Bertz CT molecular complexity index is 1110. The molecule has 0 spiro atoms. The number of nitrogens with zero attached hydrogens (tertiary/aromatic N) is 1. The molecule has 0 bridgehead atoms. The minimum absolute atomic E-state index is 0.0451. The smallest absolute Gasteiger partial charge is 0.267 e. The Balaban J connectivity index is 1.73. The first-order valence-corrected chi connectivity index (χ1v) is 10.3. The van der Waals surface area contributed by atoms with E-state index in [2.05, 4.69) is 0 Å². The maximum absolute atomic E-state index is 13.6. The molecule has 1 atom stereocenters. The summed E-state index contributed by atoms with van der Waals surface area (Å²) in [4.78, 5) is 13.0. The third-order valence-electron chi connectivity index (χ3n) is 5.54. The van der Waals surface area contributed by atoms with Crippen molar-refractivity contribution in [3.63, 3.8) is 0 Å². The molecule has 0 radical (unpaired) electrons. The van der Waals surface area contributed by atoms with Gasteiger partial charge in [-0.1, -0.05) is 49.4 Å². The van der Waals surface area contributed by atoms with Crippen LogP contribution in [0.3, 0.4) is 0 Å². The largest absolute Gasteiger partial charge is 0.489 e. The molecule has 0 amide bonds. The van der Waals surface area contributed by atoms with Gasteiger partial charge < -0.3 is 9.47 Å². The number of methoxy groups -OCH3 is 1. The topological polar surface area (TPSA) is 38.5 Å². The van der Waals surface area contributed by atoms with E-state index in [1.807, 2.05) is 49.4 Å². The fraction of sp³-hybridized carbons (Fsp3) is 0.231. The molecular weight excluding hydrogens is 393 g/mol. The van der Waals surface area contributed by atoms with Gasteiger partial charge in [-0.05, 0) is 35.4 Å². The van der Waals surface area contributed by atoms with Crippen LogP contribution in [-0.4, -0.2) is 25.0 Å². The summed E-state index contributed by atoms with van der Waals surface area (Å²) >= 11 is 0. The molecule has 158 valence electrons. The zero-order chi connectivity index (χ0) is 21.8. The van der Waals surface area contributed by atoms with Gasteiger partial charge in [0.1, 0.15) is 18.2 Å². The fourth-order valence-electron chi connectivity index (χ4n) is 3.96. The van der Waals surface area contributed by atoms with Crippen LogP contribution in [-0.2, 0) is 11.3 Å². The predicted octanol–water partition coefficient (Wildman–Crippen LogP) is 5.91. The number of hydrogen-bond donors (Lipinski definition) is 0. The Kier molecular flexibility index (Phi) is 6.23. The molecular formula is C26H25FNO3+. The monoisotopic (exact) mass is 418 g/mol. The maximum Gasteiger partial charge on any atom is 0.267 e. The number of hydrogen-bond acceptors (Lipinski definition) is 3. The van der Waals surface area contributed by atoms with Gasteiger partial charge in [-0.3, -0.25) is 0 Å². The molecule has 3 aromatic rings. The first-order chi connectivity index (χ1) is 15.1. The number of rotatable bonds is 7. The number of halogens is 1. The molecule has 4 rings (SSSR count). The summed E-state index contributed by atoms with van der Waals surface area (Å²) in [5.74, 6) is 0.390. The van der Waals surface area contributed by atoms with Crippen molar-refractivity contribution < 1.29 is 18.6 Å². The van der Waals surface area contributed by atoms with Gasteiger partial charge in [0.15, 0.2) is 0 Å². The predicted molar refractivity (Wildman–Crippen MR) is 119 cm³/mol.